The van der Waals surface area contributed by atoms with Crippen LogP contribution in [0.4, 0.5) is 11.4 Å². The molecule has 0 aliphatic carbocycles. The number of amides is 2. The molecular weight excluding hydrogens is 316 g/mol. The Kier molecular flexibility index (Phi) is 3.72. The maximum atomic E-state index is 12.5. The van der Waals surface area contributed by atoms with Crippen molar-refractivity contribution in [2.75, 3.05) is 16.8 Å². The molecule has 2 heterocycles. The lowest BCUT2D eigenvalue weighted by Gasteiger charge is -2.17. The number of nitrogens with zero attached hydrogens (tertiary/aromatic N) is 2. The molecule has 0 spiro atoms. The summed E-state index contributed by atoms with van der Waals surface area (Å²) in [6.07, 6.45) is 0.438. The van der Waals surface area contributed by atoms with Crippen molar-refractivity contribution in [1.82, 2.24) is 9.97 Å². The smallest absolute Gasteiger partial charge is 0.227 e. The van der Waals surface area contributed by atoms with Gasteiger partial charge >= 0.3 is 0 Å². The van der Waals surface area contributed by atoms with Crippen LogP contribution >= 0.6 is 0 Å². The van der Waals surface area contributed by atoms with Crippen molar-refractivity contribution in [3.05, 3.63) is 54.4 Å². The summed E-state index contributed by atoms with van der Waals surface area (Å²) in [6.45, 7) is 2.06. The maximum Gasteiger partial charge on any atom is 0.227 e. The molecule has 0 bridgehead atoms. The van der Waals surface area contributed by atoms with E-state index in [2.05, 4.69) is 15.3 Å². The van der Waals surface area contributed by atoms with Gasteiger partial charge < -0.3 is 15.2 Å². The Morgan fingerprint density at radius 1 is 1.20 bits per heavy atom. The molecular formula is C19H18N4O2. The number of benzene rings is 2. The topological polar surface area (TPSA) is 78.1 Å². The van der Waals surface area contributed by atoms with E-state index in [1.165, 1.54) is 6.92 Å². The van der Waals surface area contributed by atoms with Crippen LogP contribution in [0.2, 0.25) is 0 Å². The van der Waals surface area contributed by atoms with Gasteiger partial charge in [0.2, 0.25) is 11.8 Å². The van der Waals surface area contributed by atoms with Gasteiger partial charge in [-0.25, -0.2) is 4.98 Å². The van der Waals surface area contributed by atoms with E-state index < -0.39 is 0 Å². The molecule has 6 nitrogen and oxygen atoms in total. The minimum absolute atomic E-state index is 0.0509. The first-order chi connectivity index (χ1) is 12.1. The van der Waals surface area contributed by atoms with E-state index in [1.807, 2.05) is 36.4 Å². The van der Waals surface area contributed by atoms with E-state index in [-0.39, 0.29) is 17.7 Å². The molecule has 1 saturated heterocycles. The zero-order valence-corrected chi connectivity index (χ0v) is 13.8. The Morgan fingerprint density at radius 2 is 1.96 bits per heavy atom. The van der Waals surface area contributed by atoms with Crippen LogP contribution in [0, 0.1) is 0 Å². The van der Waals surface area contributed by atoms with Crippen molar-refractivity contribution >= 4 is 34.2 Å². The third-order valence-corrected chi connectivity index (χ3v) is 4.42. The highest BCUT2D eigenvalue weighted by Crippen LogP contribution is 2.31. The van der Waals surface area contributed by atoms with Crippen LogP contribution in [0.15, 0.2) is 48.5 Å². The molecule has 3 aromatic rings. The van der Waals surface area contributed by atoms with Gasteiger partial charge in [0.05, 0.1) is 11.0 Å². The number of anilines is 2. The van der Waals surface area contributed by atoms with E-state index in [0.717, 1.165) is 28.2 Å². The van der Waals surface area contributed by atoms with Crippen molar-refractivity contribution in [3.63, 3.8) is 0 Å². The molecule has 1 atom stereocenters. The summed E-state index contributed by atoms with van der Waals surface area (Å²) in [4.78, 5) is 33.3. The number of aromatic nitrogens is 2. The number of carbonyl (C=O) groups excluding carboxylic acids is 2. The van der Waals surface area contributed by atoms with E-state index in [1.54, 1.807) is 17.0 Å². The SMILES string of the molecule is CC(=O)Nc1ccc(N2CC(c3nc4ccccc4[nH]3)CC2=O)cc1. The molecule has 1 aliphatic rings. The molecule has 2 aromatic carbocycles. The molecule has 1 unspecified atom stereocenters. The van der Waals surface area contributed by atoms with Crippen molar-refractivity contribution in [1.29, 1.82) is 0 Å². The van der Waals surface area contributed by atoms with Crippen molar-refractivity contribution in [2.24, 2.45) is 0 Å². The number of para-hydroxylation sites is 2. The van der Waals surface area contributed by atoms with Gasteiger partial charge in [-0.05, 0) is 36.4 Å². The Balaban J connectivity index is 1.54. The Labute approximate surface area is 144 Å². The van der Waals surface area contributed by atoms with Gasteiger partial charge in [0.1, 0.15) is 5.82 Å². The second-order valence-electron chi connectivity index (χ2n) is 6.27. The molecule has 6 heteroatoms. The number of nitrogens with one attached hydrogen (secondary N) is 2. The number of H-pyrrole nitrogens is 1. The lowest BCUT2D eigenvalue weighted by molar-refractivity contribution is -0.117. The van der Waals surface area contributed by atoms with Crippen molar-refractivity contribution in [3.8, 4) is 0 Å². The van der Waals surface area contributed by atoms with Gasteiger partial charge in [0, 0.05) is 37.2 Å². The van der Waals surface area contributed by atoms with Gasteiger partial charge in [-0.15, -0.1) is 0 Å². The Hall–Kier alpha value is -3.15. The molecule has 1 fully saturated rings. The van der Waals surface area contributed by atoms with Crippen LogP contribution in [0.3, 0.4) is 0 Å². The molecule has 0 saturated carbocycles. The van der Waals surface area contributed by atoms with Crippen LogP contribution < -0.4 is 10.2 Å². The summed E-state index contributed by atoms with van der Waals surface area (Å²) in [5, 5.41) is 2.73. The summed E-state index contributed by atoms with van der Waals surface area (Å²) >= 11 is 0. The summed E-state index contributed by atoms with van der Waals surface area (Å²) < 4.78 is 0. The van der Waals surface area contributed by atoms with E-state index in [9.17, 15) is 9.59 Å². The number of carbonyl (C=O) groups is 2. The van der Waals surface area contributed by atoms with E-state index >= 15 is 0 Å². The number of fused-ring (bicyclic) bond motifs is 1. The number of rotatable bonds is 3. The molecule has 0 radical (unpaired) electrons. The summed E-state index contributed by atoms with van der Waals surface area (Å²) in [5.41, 5.74) is 3.46. The highest BCUT2D eigenvalue weighted by molar-refractivity contribution is 5.97. The average molecular weight is 334 g/mol. The largest absolute Gasteiger partial charge is 0.342 e. The summed E-state index contributed by atoms with van der Waals surface area (Å²) in [7, 11) is 0. The van der Waals surface area contributed by atoms with E-state index in [4.69, 9.17) is 0 Å². The summed E-state index contributed by atoms with van der Waals surface area (Å²) in [5.74, 6) is 0.870. The predicted molar refractivity (Wildman–Crippen MR) is 96.6 cm³/mol. The Morgan fingerprint density at radius 3 is 2.68 bits per heavy atom. The van der Waals surface area contributed by atoms with E-state index in [0.29, 0.717) is 13.0 Å². The second kappa shape index (κ2) is 6.05. The zero-order valence-electron chi connectivity index (χ0n) is 13.8. The fraction of sp³-hybridized carbons (Fsp3) is 0.211. The molecule has 1 aliphatic heterocycles. The highest BCUT2D eigenvalue weighted by Gasteiger charge is 2.33. The average Bonchev–Trinajstić information content (AvgIpc) is 3.18. The number of hydrogen-bond acceptors (Lipinski definition) is 3. The van der Waals surface area contributed by atoms with Gasteiger partial charge in [0.25, 0.3) is 0 Å². The summed E-state index contributed by atoms with van der Waals surface area (Å²) in [6, 6.07) is 15.2. The lowest BCUT2D eigenvalue weighted by Crippen LogP contribution is -2.24. The first-order valence-corrected chi connectivity index (χ1v) is 8.23. The van der Waals surface area contributed by atoms with Gasteiger partial charge in [-0.3, -0.25) is 9.59 Å². The molecule has 126 valence electrons. The third-order valence-electron chi connectivity index (χ3n) is 4.42. The minimum atomic E-state index is -0.116. The van der Waals surface area contributed by atoms with Crippen molar-refractivity contribution < 1.29 is 9.59 Å². The monoisotopic (exact) mass is 334 g/mol. The number of imidazole rings is 1. The standard InChI is InChI=1S/C19H18N4O2/c1-12(24)20-14-6-8-15(9-7-14)23-11-13(10-18(23)25)19-21-16-4-2-3-5-17(16)22-19/h2-9,13H,10-11H2,1H3,(H,20,24)(H,21,22). The highest BCUT2D eigenvalue weighted by atomic mass is 16.2. The first-order valence-electron chi connectivity index (χ1n) is 8.23. The quantitative estimate of drug-likeness (QED) is 0.773. The van der Waals surface area contributed by atoms with Crippen LogP contribution in [-0.4, -0.2) is 28.3 Å². The van der Waals surface area contributed by atoms with Gasteiger partial charge in [-0.2, -0.15) is 0 Å². The first kappa shape index (κ1) is 15.4. The zero-order chi connectivity index (χ0) is 17.4. The van der Waals surface area contributed by atoms with Crippen molar-refractivity contribution in [2.45, 2.75) is 19.3 Å². The number of hydrogen-bond donors (Lipinski definition) is 2. The van der Waals surface area contributed by atoms with Crippen LogP contribution in [0.25, 0.3) is 11.0 Å². The van der Waals surface area contributed by atoms with Crippen LogP contribution in [0.1, 0.15) is 25.1 Å². The fourth-order valence-corrected chi connectivity index (χ4v) is 3.23. The normalized spacial score (nSPS) is 17.2. The maximum absolute atomic E-state index is 12.5. The molecule has 2 N–H and O–H groups in total. The number of aromatic amines is 1. The second-order valence-corrected chi connectivity index (χ2v) is 6.27. The van der Waals surface area contributed by atoms with Gasteiger partial charge in [-0.1, -0.05) is 12.1 Å². The molecule has 25 heavy (non-hydrogen) atoms. The molecule has 1 aromatic heterocycles. The molecule has 2 amide bonds. The lowest BCUT2D eigenvalue weighted by atomic mass is 10.1. The predicted octanol–water partition coefficient (Wildman–Crippen LogP) is 3.04. The van der Waals surface area contributed by atoms with Crippen LogP contribution in [-0.2, 0) is 9.59 Å². The minimum Gasteiger partial charge on any atom is -0.342 e. The molecule has 4 rings (SSSR count). The fourth-order valence-electron chi connectivity index (χ4n) is 3.23. The van der Waals surface area contributed by atoms with Gasteiger partial charge in [0.15, 0.2) is 0 Å². The Bertz CT molecular complexity index is 912. The third kappa shape index (κ3) is 2.98. The van der Waals surface area contributed by atoms with Crippen LogP contribution in [0.5, 0.6) is 0 Å².